The topological polar surface area (TPSA) is 75.3 Å². The van der Waals surface area contributed by atoms with E-state index in [1.165, 1.54) is 17.0 Å². The van der Waals surface area contributed by atoms with Gasteiger partial charge in [-0.05, 0) is 30.7 Å². The molecular formula is C15H17N3O3. The molecule has 6 nitrogen and oxygen atoms in total. The number of aromatic amines is 1. The number of carbonyl (C=O) groups excluding carboxylic acids is 1. The third-order valence-electron chi connectivity index (χ3n) is 2.90. The molecule has 6 heteroatoms. The summed E-state index contributed by atoms with van der Waals surface area (Å²) in [6, 6.07) is 10.3. The minimum Gasteiger partial charge on any atom is -0.494 e. The summed E-state index contributed by atoms with van der Waals surface area (Å²) in [7, 11) is 1.69. The van der Waals surface area contributed by atoms with Gasteiger partial charge in [-0.2, -0.15) is 5.10 Å². The van der Waals surface area contributed by atoms with Crippen molar-refractivity contribution in [2.45, 2.75) is 13.5 Å². The highest BCUT2D eigenvalue weighted by Gasteiger charge is 2.13. The number of benzene rings is 1. The lowest BCUT2D eigenvalue weighted by molar-refractivity contribution is 0.0778. The predicted molar refractivity (Wildman–Crippen MR) is 78.3 cm³/mol. The van der Waals surface area contributed by atoms with Crippen LogP contribution in [0.5, 0.6) is 5.75 Å². The highest BCUT2D eigenvalue weighted by molar-refractivity contribution is 5.91. The molecule has 1 heterocycles. The van der Waals surface area contributed by atoms with Crippen molar-refractivity contribution in [2.75, 3.05) is 13.7 Å². The summed E-state index contributed by atoms with van der Waals surface area (Å²) in [5.41, 5.74) is 0.863. The Balaban J connectivity index is 2.03. The van der Waals surface area contributed by atoms with Crippen LogP contribution in [0.15, 0.2) is 41.2 Å². The van der Waals surface area contributed by atoms with E-state index in [9.17, 15) is 9.59 Å². The van der Waals surface area contributed by atoms with E-state index in [2.05, 4.69) is 10.2 Å². The molecule has 0 saturated carbocycles. The van der Waals surface area contributed by atoms with Crippen LogP contribution in [0.3, 0.4) is 0 Å². The average molecular weight is 287 g/mol. The van der Waals surface area contributed by atoms with Gasteiger partial charge in [0.25, 0.3) is 11.5 Å². The largest absolute Gasteiger partial charge is 0.494 e. The molecule has 0 aliphatic rings. The Hall–Kier alpha value is -2.63. The van der Waals surface area contributed by atoms with Crippen LogP contribution in [0, 0.1) is 0 Å². The Bertz CT molecular complexity index is 644. The summed E-state index contributed by atoms with van der Waals surface area (Å²) in [4.78, 5) is 24.6. The molecule has 110 valence electrons. The first-order valence-corrected chi connectivity index (χ1v) is 6.63. The molecule has 2 rings (SSSR count). The molecular weight excluding hydrogens is 270 g/mol. The fourth-order valence-electron chi connectivity index (χ4n) is 1.86. The Morgan fingerprint density at radius 1 is 1.24 bits per heavy atom. The third kappa shape index (κ3) is 3.92. The molecule has 2 aromatic rings. The molecule has 1 aromatic carbocycles. The maximum Gasteiger partial charge on any atom is 0.274 e. The van der Waals surface area contributed by atoms with Gasteiger partial charge in [-0.15, -0.1) is 0 Å². The van der Waals surface area contributed by atoms with E-state index >= 15 is 0 Å². The number of hydrogen-bond acceptors (Lipinski definition) is 4. The smallest absolute Gasteiger partial charge is 0.274 e. The molecule has 0 bridgehead atoms. The Morgan fingerprint density at radius 2 is 1.95 bits per heavy atom. The Labute approximate surface area is 122 Å². The van der Waals surface area contributed by atoms with Gasteiger partial charge in [0, 0.05) is 19.7 Å². The fourth-order valence-corrected chi connectivity index (χ4v) is 1.86. The van der Waals surface area contributed by atoms with E-state index in [4.69, 9.17) is 4.74 Å². The lowest BCUT2D eigenvalue weighted by Crippen LogP contribution is -2.28. The van der Waals surface area contributed by atoms with Gasteiger partial charge >= 0.3 is 0 Å². The summed E-state index contributed by atoms with van der Waals surface area (Å²) < 4.78 is 5.37. The minimum atomic E-state index is -0.333. The number of amides is 1. The zero-order valence-corrected chi connectivity index (χ0v) is 12.0. The van der Waals surface area contributed by atoms with Gasteiger partial charge in [-0.25, -0.2) is 5.10 Å². The maximum atomic E-state index is 12.1. The predicted octanol–water partition coefficient (Wildman–Crippen LogP) is 1.44. The number of H-pyrrole nitrogens is 1. The first kappa shape index (κ1) is 14.8. The van der Waals surface area contributed by atoms with Crippen molar-refractivity contribution in [2.24, 2.45) is 0 Å². The monoisotopic (exact) mass is 287 g/mol. The molecule has 0 aliphatic carbocycles. The van der Waals surface area contributed by atoms with E-state index in [1.807, 2.05) is 31.2 Å². The normalized spacial score (nSPS) is 10.2. The van der Waals surface area contributed by atoms with Crippen molar-refractivity contribution < 1.29 is 9.53 Å². The lowest BCUT2D eigenvalue weighted by Gasteiger charge is -2.16. The molecule has 0 saturated heterocycles. The first-order valence-electron chi connectivity index (χ1n) is 6.63. The molecule has 1 amide bonds. The number of nitrogens with zero attached hydrogens (tertiary/aromatic N) is 2. The van der Waals surface area contributed by atoms with Crippen LogP contribution in [0.4, 0.5) is 0 Å². The zero-order chi connectivity index (χ0) is 15.2. The fraction of sp³-hybridized carbons (Fsp3) is 0.267. The summed E-state index contributed by atoms with van der Waals surface area (Å²) in [6.07, 6.45) is 0. The van der Waals surface area contributed by atoms with Gasteiger partial charge in [0.15, 0.2) is 0 Å². The summed E-state index contributed by atoms with van der Waals surface area (Å²) in [5.74, 6) is 0.553. The van der Waals surface area contributed by atoms with E-state index in [0.29, 0.717) is 13.2 Å². The van der Waals surface area contributed by atoms with E-state index < -0.39 is 0 Å². The first-order chi connectivity index (χ1) is 10.1. The van der Waals surface area contributed by atoms with Gasteiger partial charge in [0.2, 0.25) is 0 Å². The van der Waals surface area contributed by atoms with Gasteiger partial charge in [-0.3, -0.25) is 9.59 Å². The van der Waals surface area contributed by atoms with Crippen molar-refractivity contribution >= 4 is 5.91 Å². The van der Waals surface area contributed by atoms with Gasteiger partial charge in [0.1, 0.15) is 11.4 Å². The highest BCUT2D eigenvalue weighted by atomic mass is 16.5. The maximum absolute atomic E-state index is 12.1. The van der Waals surface area contributed by atoms with Crippen LogP contribution in [0.2, 0.25) is 0 Å². The second-order valence-corrected chi connectivity index (χ2v) is 4.54. The summed E-state index contributed by atoms with van der Waals surface area (Å²) >= 11 is 0. The van der Waals surface area contributed by atoms with E-state index in [1.54, 1.807) is 7.05 Å². The molecule has 0 unspecified atom stereocenters. The molecule has 21 heavy (non-hydrogen) atoms. The van der Waals surface area contributed by atoms with E-state index in [-0.39, 0.29) is 17.2 Å². The quantitative estimate of drug-likeness (QED) is 0.903. The van der Waals surface area contributed by atoms with Crippen LogP contribution in [-0.4, -0.2) is 34.7 Å². The number of aromatic nitrogens is 2. The molecule has 0 radical (unpaired) electrons. The number of ether oxygens (including phenoxy) is 1. The minimum absolute atomic E-state index is 0.211. The van der Waals surface area contributed by atoms with Crippen molar-refractivity contribution in [3.05, 3.63) is 58.0 Å². The van der Waals surface area contributed by atoms with Crippen molar-refractivity contribution in [1.29, 1.82) is 0 Å². The van der Waals surface area contributed by atoms with Crippen LogP contribution >= 0.6 is 0 Å². The molecule has 0 spiro atoms. The Morgan fingerprint density at radius 3 is 2.52 bits per heavy atom. The number of hydrogen-bond donors (Lipinski definition) is 1. The summed E-state index contributed by atoms with van der Waals surface area (Å²) in [5, 5.41) is 5.98. The molecule has 1 aromatic heterocycles. The highest BCUT2D eigenvalue weighted by Crippen LogP contribution is 2.13. The molecule has 0 fully saturated rings. The molecule has 1 N–H and O–H groups in total. The zero-order valence-electron chi connectivity index (χ0n) is 12.0. The molecule has 0 aliphatic heterocycles. The SMILES string of the molecule is CCOc1ccc(CN(C)C(=O)c2ccc(=O)[nH]n2)cc1. The van der Waals surface area contributed by atoms with Gasteiger partial charge in [0.05, 0.1) is 6.61 Å². The lowest BCUT2D eigenvalue weighted by atomic mass is 10.2. The van der Waals surface area contributed by atoms with Gasteiger partial charge < -0.3 is 9.64 Å². The molecule has 0 atom stereocenters. The second kappa shape index (κ2) is 6.69. The third-order valence-corrected chi connectivity index (χ3v) is 2.90. The average Bonchev–Trinajstić information content (AvgIpc) is 2.49. The van der Waals surface area contributed by atoms with Gasteiger partial charge in [-0.1, -0.05) is 12.1 Å². The van der Waals surface area contributed by atoms with Crippen LogP contribution in [0.25, 0.3) is 0 Å². The number of carbonyl (C=O) groups is 1. The number of rotatable bonds is 5. The second-order valence-electron chi connectivity index (χ2n) is 4.54. The number of nitrogens with one attached hydrogen (secondary N) is 1. The summed E-state index contributed by atoms with van der Waals surface area (Å²) in [6.45, 7) is 3.00. The van der Waals surface area contributed by atoms with Crippen LogP contribution < -0.4 is 10.3 Å². The van der Waals surface area contributed by atoms with Crippen LogP contribution in [-0.2, 0) is 6.54 Å². The standard InChI is InChI=1S/C15H17N3O3/c1-3-21-12-6-4-11(5-7-12)10-18(2)15(20)13-8-9-14(19)17-16-13/h4-9H,3,10H2,1-2H3,(H,17,19). The van der Waals surface area contributed by atoms with Crippen molar-refractivity contribution in [3.8, 4) is 5.75 Å². The van der Waals surface area contributed by atoms with Crippen molar-refractivity contribution in [1.82, 2.24) is 15.1 Å². The van der Waals surface area contributed by atoms with Crippen molar-refractivity contribution in [3.63, 3.8) is 0 Å². The van der Waals surface area contributed by atoms with Crippen LogP contribution in [0.1, 0.15) is 23.0 Å². The van der Waals surface area contributed by atoms with E-state index in [0.717, 1.165) is 11.3 Å². The Kier molecular flexibility index (Phi) is 4.71.